The fraction of sp³-hybridized carbons (Fsp3) is 0.625. The lowest BCUT2D eigenvalue weighted by atomic mass is 9.86. The van der Waals surface area contributed by atoms with E-state index >= 15 is 0 Å². The quantitative estimate of drug-likeness (QED) is 0.622. The fourth-order valence-electron chi connectivity index (χ4n) is 3.78. The van der Waals surface area contributed by atoms with Gasteiger partial charge < -0.3 is 14.8 Å². The van der Waals surface area contributed by atoms with Crippen molar-refractivity contribution < 1.29 is 23.2 Å². The van der Waals surface area contributed by atoms with Crippen LogP contribution in [0.3, 0.4) is 0 Å². The average molecular weight is 357 g/mol. The molecule has 1 spiro atoms. The molecule has 3 rings (SSSR count). The molecule has 0 aromatic heterocycles. The first-order chi connectivity index (χ1) is 11.9. The second-order valence-corrected chi connectivity index (χ2v) is 6.65. The first-order valence-corrected chi connectivity index (χ1v) is 8.16. The Labute approximate surface area is 144 Å². The minimum Gasteiger partial charge on any atom is -0.493 e. The maximum absolute atomic E-state index is 12.5. The van der Waals surface area contributed by atoms with E-state index in [0.717, 1.165) is 45.1 Å². The molecule has 2 saturated heterocycles. The van der Waals surface area contributed by atoms with Crippen molar-refractivity contribution in [1.29, 1.82) is 0 Å². The third kappa shape index (κ3) is 3.82. The Morgan fingerprint density at radius 2 is 2.20 bits per heavy atom. The standard InChI is InChI=1S/C16H21F2N3O4/c1-24-13-6-11(12(21(22)23)7-14(13)25-15(17)18)8-20-5-3-16(10-20)2-4-19-9-16/h6-7,15,19H,2-5,8-10H2,1H3. The third-order valence-corrected chi connectivity index (χ3v) is 5.02. The van der Waals surface area contributed by atoms with Gasteiger partial charge in [0.15, 0.2) is 11.5 Å². The van der Waals surface area contributed by atoms with Crippen LogP contribution in [0.4, 0.5) is 14.5 Å². The van der Waals surface area contributed by atoms with E-state index in [1.165, 1.54) is 13.2 Å². The molecule has 0 saturated carbocycles. The average Bonchev–Trinajstić information content (AvgIpc) is 3.17. The summed E-state index contributed by atoms with van der Waals surface area (Å²) in [6.45, 7) is 0.999. The number of nitrogens with zero attached hydrogens (tertiary/aromatic N) is 2. The molecule has 0 radical (unpaired) electrons. The highest BCUT2D eigenvalue weighted by Gasteiger charge is 2.40. The molecule has 1 unspecified atom stereocenters. The number of hydrogen-bond acceptors (Lipinski definition) is 6. The normalized spacial score (nSPS) is 23.5. The first-order valence-electron chi connectivity index (χ1n) is 8.16. The third-order valence-electron chi connectivity index (χ3n) is 5.02. The van der Waals surface area contributed by atoms with Gasteiger partial charge in [-0.05, 0) is 37.4 Å². The Morgan fingerprint density at radius 3 is 2.80 bits per heavy atom. The molecule has 138 valence electrons. The maximum Gasteiger partial charge on any atom is 0.387 e. The van der Waals surface area contributed by atoms with Crippen molar-refractivity contribution in [3.05, 3.63) is 27.8 Å². The van der Waals surface area contributed by atoms with Crippen LogP contribution in [0, 0.1) is 15.5 Å². The number of likely N-dealkylation sites (tertiary alicyclic amines) is 1. The van der Waals surface area contributed by atoms with Crippen LogP contribution in [0.2, 0.25) is 0 Å². The summed E-state index contributed by atoms with van der Waals surface area (Å²) < 4.78 is 34.4. The van der Waals surface area contributed by atoms with E-state index < -0.39 is 11.5 Å². The second-order valence-electron chi connectivity index (χ2n) is 6.65. The minimum atomic E-state index is -3.08. The molecule has 2 heterocycles. The number of hydrogen-bond donors (Lipinski definition) is 1. The van der Waals surface area contributed by atoms with Gasteiger partial charge in [-0.3, -0.25) is 15.0 Å². The molecule has 0 amide bonds. The molecule has 2 fully saturated rings. The second kappa shape index (κ2) is 7.09. The highest BCUT2D eigenvalue weighted by Crippen LogP contribution is 2.39. The molecule has 1 atom stereocenters. The van der Waals surface area contributed by atoms with Gasteiger partial charge in [0.25, 0.3) is 5.69 Å². The van der Waals surface area contributed by atoms with Gasteiger partial charge in [-0.2, -0.15) is 8.78 Å². The molecule has 9 heteroatoms. The smallest absolute Gasteiger partial charge is 0.387 e. The molecular weight excluding hydrogens is 336 g/mol. The van der Waals surface area contributed by atoms with E-state index in [0.29, 0.717) is 12.1 Å². The van der Waals surface area contributed by atoms with Gasteiger partial charge in [0.1, 0.15) is 0 Å². The summed E-state index contributed by atoms with van der Waals surface area (Å²) in [7, 11) is 1.32. The number of nitro groups is 1. The SMILES string of the molecule is COc1cc(CN2CCC3(CCNC3)C2)c([N+](=O)[O-])cc1OC(F)F. The molecule has 0 bridgehead atoms. The molecule has 1 N–H and O–H groups in total. The first kappa shape index (κ1) is 17.8. The largest absolute Gasteiger partial charge is 0.493 e. The predicted molar refractivity (Wildman–Crippen MR) is 86.1 cm³/mol. The lowest BCUT2D eigenvalue weighted by molar-refractivity contribution is -0.385. The summed E-state index contributed by atoms with van der Waals surface area (Å²) in [6, 6.07) is 2.44. The number of methoxy groups -OCH3 is 1. The molecular formula is C16H21F2N3O4. The summed E-state index contributed by atoms with van der Waals surface area (Å²) in [5, 5.41) is 14.7. The van der Waals surface area contributed by atoms with Crippen molar-refractivity contribution in [2.24, 2.45) is 5.41 Å². The zero-order valence-electron chi connectivity index (χ0n) is 14.0. The van der Waals surface area contributed by atoms with Gasteiger partial charge in [-0.15, -0.1) is 0 Å². The van der Waals surface area contributed by atoms with Crippen molar-refractivity contribution >= 4 is 5.69 Å². The lowest BCUT2D eigenvalue weighted by Gasteiger charge is -2.23. The summed E-state index contributed by atoms with van der Waals surface area (Å²) >= 11 is 0. The van der Waals surface area contributed by atoms with Crippen LogP contribution in [0.5, 0.6) is 11.5 Å². The number of halogens is 2. The highest BCUT2D eigenvalue weighted by atomic mass is 19.3. The van der Waals surface area contributed by atoms with E-state index in [1.54, 1.807) is 0 Å². The van der Waals surface area contributed by atoms with E-state index in [1.807, 2.05) is 0 Å². The Kier molecular flexibility index (Phi) is 5.05. The van der Waals surface area contributed by atoms with Crippen molar-refractivity contribution in [2.75, 3.05) is 33.3 Å². The summed E-state index contributed by atoms with van der Waals surface area (Å²) in [5.74, 6) is -0.261. The Balaban J connectivity index is 1.83. The molecule has 2 aliphatic heterocycles. The van der Waals surface area contributed by atoms with Crippen LogP contribution in [0.15, 0.2) is 12.1 Å². The Hall–Kier alpha value is -2.00. The van der Waals surface area contributed by atoms with Gasteiger partial charge in [0.2, 0.25) is 0 Å². The van der Waals surface area contributed by atoms with Gasteiger partial charge in [0, 0.05) is 25.2 Å². The van der Waals surface area contributed by atoms with E-state index in [9.17, 15) is 18.9 Å². The van der Waals surface area contributed by atoms with Crippen LogP contribution in [-0.4, -0.2) is 49.7 Å². The number of benzene rings is 1. The van der Waals surface area contributed by atoms with E-state index in [2.05, 4.69) is 15.0 Å². The Bertz CT molecular complexity index is 651. The molecule has 25 heavy (non-hydrogen) atoms. The summed E-state index contributed by atoms with van der Waals surface area (Å²) in [6.07, 6.45) is 2.16. The van der Waals surface area contributed by atoms with Crippen LogP contribution in [0.1, 0.15) is 18.4 Å². The molecule has 1 aromatic rings. The van der Waals surface area contributed by atoms with Gasteiger partial charge in [-0.1, -0.05) is 0 Å². The van der Waals surface area contributed by atoms with Crippen LogP contribution >= 0.6 is 0 Å². The summed E-state index contributed by atoms with van der Waals surface area (Å²) in [5.41, 5.74) is 0.450. The molecule has 0 aliphatic carbocycles. The van der Waals surface area contributed by atoms with Gasteiger partial charge in [0.05, 0.1) is 18.1 Å². The minimum absolute atomic E-state index is 0.0670. The zero-order chi connectivity index (χ0) is 18.0. The van der Waals surface area contributed by atoms with Crippen LogP contribution in [0.25, 0.3) is 0 Å². The number of alkyl halides is 2. The molecule has 1 aromatic carbocycles. The predicted octanol–water partition coefficient (Wildman–Crippen LogP) is 2.39. The fourth-order valence-corrected chi connectivity index (χ4v) is 3.78. The monoisotopic (exact) mass is 357 g/mol. The van der Waals surface area contributed by atoms with Gasteiger partial charge >= 0.3 is 6.61 Å². The highest BCUT2D eigenvalue weighted by molar-refractivity contribution is 5.54. The maximum atomic E-state index is 12.5. The number of nitrogens with one attached hydrogen (secondary N) is 1. The molecule has 2 aliphatic rings. The van der Waals surface area contributed by atoms with Crippen molar-refractivity contribution in [3.63, 3.8) is 0 Å². The number of rotatable bonds is 6. The van der Waals surface area contributed by atoms with Crippen molar-refractivity contribution in [1.82, 2.24) is 10.2 Å². The van der Waals surface area contributed by atoms with Crippen molar-refractivity contribution in [2.45, 2.75) is 26.0 Å². The van der Waals surface area contributed by atoms with Crippen molar-refractivity contribution in [3.8, 4) is 11.5 Å². The van der Waals surface area contributed by atoms with E-state index in [-0.39, 0.29) is 22.6 Å². The number of ether oxygens (including phenoxy) is 2. The number of nitro benzene ring substituents is 1. The lowest BCUT2D eigenvalue weighted by Crippen LogP contribution is -2.29. The van der Waals surface area contributed by atoms with Crippen LogP contribution < -0.4 is 14.8 Å². The molecule has 7 nitrogen and oxygen atoms in total. The zero-order valence-corrected chi connectivity index (χ0v) is 14.0. The van der Waals surface area contributed by atoms with Crippen LogP contribution in [-0.2, 0) is 6.54 Å². The topological polar surface area (TPSA) is 76.9 Å². The summed E-state index contributed by atoms with van der Waals surface area (Å²) in [4.78, 5) is 13.0. The van der Waals surface area contributed by atoms with E-state index in [4.69, 9.17) is 4.74 Å². The Morgan fingerprint density at radius 1 is 1.40 bits per heavy atom. The van der Waals surface area contributed by atoms with Gasteiger partial charge in [-0.25, -0.2) is 0 Å².